The van der Waals surface area contributed by atoms with Gasteiger partial charge in [-0.3, -0.25) is 0 Å². The Labute approximate surface area is 137 Å². The number of nitrogens with one attached hydrogen (secondary N) is 2. The number of ether oxygens (including phenoxy) is 1. The summed E-state index contributed by atoms with van der Waals surface area (Å²) in [4.78, 5) is 22.5. The zero-order chi connectivity index (χ0) is 16.2. The van der Waals surface area contributed by atoms with E-state index < -0.39 is 5.60 Å². The molecule has 3 aliphatic rings. The summed E-state index contributed by atoms with van der Waals surface area (Å²) in [5.74, 6) is 0. The number of hydrogen-bond donors (Lipinski definition) is 2. The third kappa shape index (κ3) is 2.43. The van der Waals surface area contributed by atoms with E-state index in [2.05, 4.69) is 15.3 Å². The summed E-state index contributed by atoms with van der Waals surface area (Å²) in [7, 11) is 0. The molecule has 1 aromatic heterocycles. The lowest BCUT2D eigenvalue weighted by Gasteiger charge is -2.48. The van der Waals surface area contributed by atoms with Crippen molar-refractivity contribution in [3.8, 4) is 0 Å². The Bertz CT molecular complexity index is 604. The Balaban J connectivity index is 1.59. The molecule has 2 fully saturated rings. The molecule has 4 heterocycles. The number of aromatic amines is 1. The summed E-state index contributed by atoms with van der Waals surface area (Å²) in [6.45, 7) is 6.76. The number of fused-ring (bicyclic) bond motifs is 4. The maximum atomic E-state index is 12.6. The van der Waals surface area contributed by atoms with Gasteiger partial charge in [0.1, 0.15) is 5.60 Å². The molecule has 1 spiro atoms. The molecule has 2 bridgehead atoms. The maximum Gasteiger partial charge on any atom is 0.410 e. The van der Waals surface area contributed by atoms with Crippen molar-refractivity contribution in [2.75, 3.05) is 6.54 Å². The second kappa shape index (κ2) is 4.97. The number of amides is 1. The number of rotatable bonds is 0. The van der Waals surface area contributed by atoms with Gasteiger partial charge in [-0.15, -0.1) is 0 Å². The molecule has 3 aliphatic heterocycles. The minimum Gasteiger partial charge on any atom is -0.444 e. The van der Waals surface area contributed by atoms with Gasteiger partial charge in [-0.05, 0) is 46.5 Å². The van der Waals surface area contributed by atoms with E-state index in [9.17, 15) is 4.79 Å². The minimum absolute atomic E-state index is 0.0715. The summed E-state index contributed by atoms with van der Waals surface area (Å²) in [5.41, 5.74) is 1.92. The van der Waals surface area contributed by atoms with Gasteiger partial charge in [-0.1, -0.05) is 0 Å². The van der Waals surface area contributed by atoms with Crippen LogP contribution in [0.5, 0.6) is 0 Å². The first-order valence-electron chi connectivity index (χ1n) is 8.67. The van der Waals surface area contributed by atoms with Crippen molar-refractivity contribution in [1.82, 2.24) is 20.2 Å². The lowest BCUT2D eigenvalue weighted by Crippen LogP contribution is -2.59. The Kier molecular flexibility index (Phi) is 3.24. The van der Waals surface area contributed by atoms with E-state index in [1.807, 2.05) is 32.0 Å². The van der Waals surface area contributed by atoms with Crippen LogP contribution in [0.25, 0.3) is 0 Å². The highest BCUT2D eigenvalue weighted by Crippen LogP contribution is 2.47. The van der Waals surface area contributed by atoms with Crippen molar-refractivity contribution >= 4 is 6.09 Å². The first-order chi connectivity index (χ1) is 10.9. The number of hydrogen-bond acceptors (Lipinski definition) is 4. The van der Waals surface area contributed by atoms with Gasteiger partial charge in [0.2, 0.25) is 0 Å². The second-order valence-corrected chi connectivity index (χ2v) is 8.17. The highest BCUT2D eigenvalue weighted by molar-refractivity contribution is 5.70. The molecule has 1 amide bonds. The molecule has 6 nitrogen and oxygen atoms in total. The highest BCUT2D eigenvalue weighted by atomic mass is 16.6. The van der Waals surface area contributed by atoms with Crippen LogP contribution in [0.2, 0.25) is 0 Å². The minimum atomic E-state index is -0.440. The van der Waals surface area contributed by atoms with Crippen LogP contribution < -0.4 is 5.32 Å². The van der Waals surface area contributed by atoms with Crippen molar-refractivity contribution in [2.24, 2.45) is 0 Å². The van der Waals surface area contributed by atoms with Crippen molar-refractivity contribution in [3.63, 3.8) is 0 Å². The van der Waals surface area contributed by atoms with E-state index in [1.54, 1.807) is 0 Å². The highest BCUT2D eigenvalue weighted by Gasteiger charge is 2.53. The van der Waals surface area contributed by atoms with Gasteiger partial charge in [0.25, 0.3) is 0 Å². The normalized spacial score (nSPS) is 32.9. The molecular formula is C17H26N4O2. The summed E-state index contributed by atoms with van der Waals surface area (Å²) >= 11 is 0. The summed E-state index contributed by atoms with van der Waals surface area (Å²) in [6, 6.07) is 0.498. The number of carbonyl (C=O) groups excluding carboxylic acids is 1. The quantitative estimate of drug-likeness (QED) is 0.770. The zero-order valence-electron chi connectivity index (χ0n) is 14.2. The standard InChI is InChI=1S/C17H26N4O2/c1-16(2,3)23-15(22)21-11-4-5-12(21)9-17(8-11)14-13(6-7-20-17)18-10-19-14/h10-12,20H,4-9H2,1-3H3,(H,18,19)/t11-,12+,17?. The smallest absolute Gasteiger partial charge is 0.410 e. The van der Waals surface area contributed by atoms with Gasteiger partial charge in [-0.25, -0.2) is 9.78 Å². The van der Waals surface area contributed by atoms with E-state index in [0.717, 1.165) is 38.6 Å². The van der Waals surface area contributed by atoms with Gasteiger partial charge in [0.05, 0.1) is 17.6 Å². The van der Waals surface area contributed by atoms with Gasteiger partial charge in [0.15, 0.2) is 0 Å². The number of carbonyl (C=O) groups is 1. The van der Waals surface area contributed by atoms with E-state index in [4.69, 9.17) is 4.74 Å². The van der Waals surface area contributed by atoms with E-state index in [1.165, 1.54) is 11.4 Å². The van der Waals surface area contributed by atoms with Crippen LogP contribution in [0.4, 0.5) is 4.79 Å². The fraction of sp³-hybridized carbons (Fsp3) is 0.765. The molecule has 0 radical (unpaired) electrons. The van der Waals surface area contributed by atoms with Gasteiger partial charge in [-0.2, -0.15) is 0 Å². The van der Waals surface area contributed by atoms with Crippen LogP contribution >= 0.6 is 0 Å². The van der Waals surface area contributed by atoms with Gasteiger partial charge in [0, 0.05) is 30.7 Å². The van der Waals surface area contributed by atoms with Crippen molar-refractivity contribution in [2.45, 2.75) is 76.1 Å². The summed E-state index contributed by atoms with van der Waals surface area (Å²) in [6.07, 6.45) is 6.64. The molecule has 2 N–H and O–H groups in total. The molecule has 23 heavy (non-hydrogen) atoms. The largest absolute Gasteiger partial charge is 0.444 e. The number of imidazole rings is 1. The SMILES string of the molecule is CC(C)(C)OC(=O)N1[C@@H]2CC[C@H]1CC1(C2)NCCc2[nH]cnc21. The third-order valence-electron chi connectivity index (χ3n) is 5.40. The maximum absolute atomic E-state index is 12.6. The molecular weight excluding hydrogens is 292 g/mol. The molecule has 6 heteroatoms. The van der Waals surface area contributed by atoms with Crippen LogP contribution in [-0.4, -0.2) is 45.2 Å². The van der Waals surface area contributed by atoms with Crippen molar-refractivity contribution in [3.05, 3.63) is 17.7 Å². The average Bonchev–Trinajstić information content (AvgIpc) is 3.02. The van der Waals surface area contributed by atoms with Crippen LogP contribution in [-0.2, 0) is 16.7 Å². The van der Waals surface area contributed by atoms with Crippen LogP contribution in [0.3, 0.4) is 0 Å². The molecule has 1 aromatic rings. The lowest BCUT2D eigenvalue weighted by atomic mass is 9.77. The second-order valence-electron chi connectivity index (χ2n) is 8.17. The Morgan fingerprint density at radius 3 is 2.70 bits per heavy atom. The van der Waals surface area contributed by atoms with Crippen molar-refractivity contribution < 1.29 is 9.53 Å². The molecule has 0 saturated carbocycles. The van der Waals surface area contributed by atoms with Gasteiger partial charge >= 0.3 is 6.09 Å². The van der Waals surface area contributed by atoms with Gasteiger partial charge < -0.3 is 19.9 Å². The molecule has 0 aliphatic carbocycles. The first-order valence-corrected chi connectivity index (χ1v) is 8.67. The predicted molar refractivity (Wildman–Crippen MR) is 86.1 cm³/mol. The Hall–Kier alpha value is -1.56. The number of aromatic nitrogens is 2. The number of H-pyrrole nitrogens is 1. The molecule has 4 rings (SSSR count). The van der Waals surface area contributed by atoms with E-state index in [-0.39, 0.29) is 23.7 Å². The van der Waals surface area contributed by atoms with Crippen molar-refractivity contribution in [1.29, 1.82) is 0 Å². The molecule has 0 aromatic carbocycles. The lowest BCUT2D eigenvalue weighted by molar-refractivity contribution is -0.00610. The van der Waals surface area contributed by atoms with E-state index in [0.29, 0.717) is 0 Å². The zero-order valence-corrected chi connectivity index (χ0v) is 14.2. The predicted octanol–water partition coefficient (Wildman–Crippen LogP) is 2.31. The van der Waals surface area contributed by atoms with E-state index >= 15 is 0 Å². The van der Waals surface area contributed by atoms with Crippen LogP contribution in [0, 0.1) is 0 Å². The topological polar surface area (TPSA) is 70.2 Å². The summed E-state index contributed by atoms with van der Waals surface area (Å²) in [5, 5.41) is 3.72. The van der Waals surface area contributed by atoms with Crippen LogP contribution in [0.15, 0.2) is 6.33 Å². The molecule has 126 valence electrons. The number of nitrogens with zero attached hydrogens (tertiary/aromatic N) is 2. The monoisotopic (exact) mass is 318 g/mol. The third-order valence-corrected chi connectivity index (χ3v) is 5.40. The molecule has 1 unspecified atom stereocenters. The average molecular weight is 318 g/mol. The fourth-order valence-electron chi connectivity index (χ4n) is 4.63. The van der Waals surface area contributed by atoms with Crippen LogP contribution in [0.1, 0.15) is 57.8 Å². The Morgan fingerprint density at radius 2 is 2.04 bits per heavy atom. The summed E-state index contributed by atoms with van der Waals surface area (Å²) < 4.78 is 5.63. The molecule has 3 atom stereocenters. The number of piperidine rings is 1. The Morgan fingerprint density at radius 1 is 1.35 bits per heavy atom. The molecule has 2 saturated heterocycles. The first kappa shape index (κ1) is 15.0. The fourth-order valence-corrected chi connectivity index (χ4v) is 4.63.